The van der Waals surface area contributed by atoms with Crippen LogP contribution in [0.5, 0.6) is 0 Å². The van der Waals surface area contributed by atoms with Gasteiger partial charge < -0.3 is 4.90 Å². The lowest BCUT2D eigenvalue weighted by atomic mass is 9.82. The number of hydrogen-bond donors (Lipinski definition) is 0. The van der Waals surface area contributed by atoms with Gasteiger partial charge in [0.2, 0.25) is 5.91 Å². The molecule has 3 amide bonds. The second-order valence-corrected chi connectivity index (χ2v) is 6.75. The Hall–Kier alpha value is -2.43. The van der Waals surface area contributed by atoms with Gasteiger partial charge in [0, 0.05) is 13.1 Å². The minimum absolute atomic E-state index is 0.144. The molecule has 1 aliphatic carbocycles. The van der Waals surface area contributed by atoms with Gasteiger partial charge in [0.15, 0.2) is 0 Å². The average molecular weight is 324 g/mol. The van der Waals surface area contributed by atoms with Crippen LogP contribution in [-0.4, -0.2) is 47.2 Å². The third-order valence-electron chi connectivity index (χ3n) is 5.33. The number of nitrogens with zero attached hydrogens (tertiary/aromatic N) is 2. The van der Waals surface area contributed by atoms with Gasteiger partial charge in [0.25, 0.3) is 11.8 Å². The van der Waals surface area contributed by atoms with Crippen molar-refractivity contribution >= 4 is 17.7 Å². The van der Waals surface area contributed by atoms with Crippen molar-refractivity contribution in [2.24, 2.45) is 5.92 Å². The van der Waals surface area contributed by atoms with Crippen LogP contribution in [-0.2, 0) is 4.79 Å². The number of benzene rings is 1. The van der Waals surface area contributed by atoms with Crippen molar-refractivity contribution in [3.05, 3.63) is 47.0 Å². The number of carbonyl (C=O) groups is 3. The zero-order valence-electron chi connectivity index (χ0n) is 13.5. The van der Waals surface area contributed by atoms with Crippen LogP contribution in [0.2, 0.25) is 0 Å². The Bertz CT molecular complexity index is 718. The summed E-state index contributed by atoms with van der Waals surface area (Å²) in [6.45, 7) is 1.20. The van der Waals surface area contributed by atoms with Crippen molar-refractivity contribution in [2.75, 3.05) is 19.6 Å². The van der Waals surface area contributed by atoms with Crippen LogP contribution in [0.3, 0.4) is 0 Å². The minimum atomic E-state index is -0.365. The second kappa shape index (κ2) is 5.89. The van der Waals surface area contributed by atoms with Gasteiger partial charge in [-0.05, 0) is 43.7 Å². The molecule has 1 aromatic rings. The van der Waals surface area contributed by atoms with Gasteiger partial charge in [-0.2, -0.15) is 0 Å². The second-order valence-electron chi connectivity index (χ2n) is 6.75. The van der Waals surface area contributed by atoms with Crippen molar-refractivity contribution in [2.45, 2.75) is 25.7 Å². The highest BCUT2D eigenvalue weighted by Crippen LogP contribution is 2.32. The van der Waals surface area contributed by atoms with E-state index in [1.54, 1.807) is 29.2 Å². The highest BCUT2D eigenvalue weighted by Gasteiger charge is 2.37. The minimum Gasteiger partial charge on any atom is -0.337 e. The molecule has 4 rings (SSSR count). The Kier molecular flexibility index (Phi) is 3.71. The van der Waals surface area contributed by atoms with E-state index in [1.165, 1.54) is 18.4 Å². The number of fused-ring (bicyclic) bond motifs is 2. The number of imide groups is 1. The normalized spacial score (nSPS) is 23.0. The Morgan fingerprint density at radius 2 is 1.79 bits per heavy atom. The van der Waals surface area contributed by atoms with E-state index in [0.717, 1.165) is 17.7 Å². The van der Waals surface area contributed by atoms with Gasteiger partial charge in [0.1, 0.15) is 6.54 Å². The Balaban J connectivity index is 1.46. The largest absolute Gasteiger partial charge is 0.337 e. The topological polar surface area (TPSA) is 57.7 Å². The van der Waals surface area contributed by atoms with Gasteiger partial charge in [-0.1, -0.05) is 23.8 Å². The van der Waals surface area contributed by atoms with Gasteiger partial charge in [-0.25, -0.2) is 0 Å². The number of rotatable bonds is 2. The van der Waals surface area contributed by atoms with E-state index in [-0.39, 0.29) is 24.3 Å². The maximum Gasteiger partial charge on any atom is 0.262 e. The van der Waals surface area contributed by atoms with Crippen LogP contribution in [0, 0.1) is 5.92 Å². The predicted molar refractivity (Wildman–Crippen MR) is 88.4 cm³/mol. The fourth-order valence-corrected chi connectivity index (χ4v) is 3.97. The lowest BCUT2D eigenvalue weighted by Crippen LogP contribution is -2.46. The monoisotopic (exact) mass is 324 g/mol. The number of piperidine rings is 1. The summed E-state index contributed by atoms with van der Waals surface area (Å²) < 4.78 is 0. The van der Waals surface area contributed by atoms with E-state index in [0.29, 0.717) is 30.1 Å². The molecule has 2 heterocycles. The van der Waals surface area contributed by atoms with Crippen LogP contribution in [0.15, 0.2) is 35.9 Å². The molecule has 1 unspecified atom stereocenters. The Labute approximate surface area is 140 Å². The van der Waals surface area contributed by atoms with Gasteiger partial charge in [-0.15, -0.1) is 0 Å². The molecule has 0 aromatic heterocycles. The standard InChI is InChI=1S/C19H20N2O3/c22-17(20-10-9-13-5-1-2-6-14(13)11-20)12-21-18(23)15-7-3-4-8-16(15)19(21)24/h3-4,6-8,13H,1-2,5,9-12H2. The maximum absolute atomic E-state index is 12.6. The molecule has 0 saturated carbocycles. The number of amides is 3. The van der Waals surface area contributed by atoms with Crippen LogP contribution >= 0.6 is 0 Å². The fourth-order valence-electron chi connectivity index (χ4n) is 3.97. The van der Waals surface area contributed by atoms with Gasteiger partial charge in [-0.3, -0.25) is 19.3 Å². The first-order chi connectivity index (χ1) is 11.6. The summed E-state index contributed by atoms with van der Waals surface area (Å²) >= 11 is 0. The smallest absolute Gasteiger partial charge is 0.262 e. The first kappa shape index (κ1) is 15.1. The summed E-state index contributed by atoms with van der Waals surface area (Å²) in [4.78, 5) is 40.2. The summed E-state index contributed by atoms with van der Waals surface area (Å²) in [6.07, 6.45) is 6.78. The van der Waals surface area contributed by atoms with Crippen molar-refractivity contribution in [3.63, 3.8) is 0 Å². The van der Waals surface area contributed by atoms with Crippen molar-refractivity contribution in [1.82, 2.24) is 9.80 Å². The predicted octanol–water partition coefficient (Wildman–Crippen LogP) is 2.24. The van der Waals surface area contributed by atoms with E-state index in [9.17, 15) is 14.4 Å². The molecule has 0 N–H and O–H groups in total. The molecule has 24 heavy (non-hydrogen) atoms. The summed E-state index contributed by atoms with van der Waals surface area (Å²) in [5.74, 6) is -0.261. The third kappa shape index (κ3) is 2.44. The number of hydrogen-bond acceptors (Lipinski definition) is 3. The lowest BCUT2D eigenvalue weighted by Gasteiger charge is -2.36. The van der Waals surface area contributed by atoms with E-state index in [2.05, 4.69) is 6.08 Å². The molecular formula is C19H20N2O3. The summed E-state index contributed by atoms with van der Waals surface area (Å²) in [7, 11) is 0. The SMILES string of the molecule is O=C(CN1C(=O)c2ccccc2C1=O)N1CCC2CCCC=C2C1. The molecule has 1 saturated heterocycles. The molecule has 1 atom stereocenters. The molecule has 0 bridgehead atoms. The highest BCUT2D eigenvalue weighted by atomic mass is 16.2. The number of likely N-dealkylation sites (tertiary alicyclic amines) is 1. The van der Waals surface area contributed by atoms with Gasteiger partial charge >= 0.3 is 0 Å². The first-order valence-electron chi connectivity index (χ1n) is 8.57. The molecule has 3 aliphatic rings. The van der Waals surface area contributed by atoms with E-state index in [1.807, 2.05) is 0 Å². The molecule has 0 spiro atoms. The fraction of sp³-hybridized carbons (Fsp3) is 0.421. The summed E-state index contributed by atoms with van der Waals surface area (Å²) in [5.41, 5.74) is 2.14. The highest BCUT2D eigenvalue weighted by molar-refractivity contribution is 6.22. The molecule has 2 aliphatic heterocycles. The third-order valence-corrected chi connectivity index (χ3v) is 5.33. The molecule has 5 heteroatoms. The Morgan fingerprint density at radius 1 is 1.08 bits per heavy atom. The average Bonchev–Trinajstić information content (AvgIpc) is 2.86. The van der Waals surface area contributed by atoms with Crippen LogP contribution in [0.25, 0.3) is 0 Å². The molecule has 124 valence electrons. The van der Waals surface area contributed by atoms with Crippen LogP contribution in [0.1, 0.15) is 46.4 Å². The molecule has 5 nitrogen and oxygen atoms in total. The molecule has 1 aromatic carbocycles. The summed E-state index contributed by atoms with van der Waals surface area (Å²) in [6, 6.07) is 6.74. The summed E-state index contributed by atoms with van der Waals surface area (Å²) in [5, 5.41) is 0. The van der Waals surface area contributed by atoms with Crippen molar-refractivity contribution < 1.29 is 14.4 Å². The van der Waals surface area contributed by atoms with Crippen LogP contribution < -0.4 is 0 Å². The van der Waals surface area contributed by atoms with E-state index >= 15 is 0 Å². The van der Waals surface area contributed by atoms with Crippen molar-refractivity contribution in [3.8, 4) is 0 Å². The molecule has 1 fully saturated rings. The zero-order valence-corrected chi connectivity index (χ0v) is 13.5. The first-order valence-corrected chi connectivity index (χ1v) is 8.57. The quantitative estimate of drug-likeness (QED) is 0.619. The van der Waals surface area contributed by atoms with Crippen molar-refractivity contribution in [1.29, 1.82) is 0 Å². The van der Waals surface area contributed by atoms with Crippen LogP contribution in [0.4, 0.5) is 0 Å². The Morgan fingerprint density at radius 3 is 2.50 bits per heavy atom. The molecular weight excluding hydrogens is 304 g/mol. The molecule has 0 radical (unpaired) electrons. The maximum atomic E-state index is 12.6. The van der Waals surface area contributed by atoms with Gasteiger partial charge in [0.05, 0.1) is 11.1 Å². The van der Waals surface area contributed by atoms with E-state index < -0.39 is 0 Å². The lowest BCUT2D eigenvalue weighted by molar-refractivity contribution is -0.132. The number of allylic oxidation sites excluding steroid dienone is 1. The van der Waals surface area contributed by atoms with E-state index in [4.69, 9.17) is 0 Å². The number of carbonyl (C=O) groups excluding carboxylic acids is 3. The zero-order chi connectivity index (χ0) is 16.7.